The Morgan fingerprint density at radius 1 is 1.38 bits per heavy atom. The first kappa shape index (κ1) is 20.7. The minimum Gasteiger partial charge on any atom is -0.372 e. The highest BCUT2D eigenvalue weighted by atomic mass is 32.2. The summed E-state index contributed by atoms with van der Waals surface area (Å²) in [6.45, 7) is 2.88. The second kappa shape index (κ2) is 7.55. The van der Waals surface area contributed by atoms with Gasteiger partial charge in [-0.2, -0.15) is 13.2 Å². The van der Waals surface area contributed by atoms with Crippen molar-refractivity contribution in [3.05, 3.63) is 11.8 Å². The monoisotopic (exact) mass is 398 g/mol. The molecule has 0 spiro atoms. The normalized spacial score (nSPS) is 18.9. The number of hydrogen-bond acceptors (Lipinski definition) is 6. The third-order valence-electron chi connectivity index (χ3n) is 4.22. The molecule has 1 amide bonds. The van der Waals surface area contributed by atoms with Gasteiger partial charge >= 0.3 is 6.18 Å². The van der Waals surface area contributed by atoms with Crippen LogP contribution in [0.1, 0.15) is 51.3 Å². The molecule has 1 atom stereocenters. The third-order valence-corrected chi connectivity index (χ3v) is 6.79. The van der Waals surface area contributed by atoms with Gasteiger partial charge in [-0.05, 0) is 33.1 Å². The van der Waals surface area contributed by atoms with E-state index < -0.39 is 45.3 Å². The second-order valence-electron chi connectivity index (χ2n) is 6.62. The minimum atomic E-state index is -4.44. The van der Waals surface area contributed by atoms with E-state index in [0.29, 0.717) is 12.3 Å². The number of carbonyl (C=O) groups is 1. The number of amides is 1. The summed E-state index contributed by atoms with van der Waals surface area (Å²) in [6.07, 6.45) is -4.87. The van der Waals surface area contributed by atoms with Gasteiger partial charge in [-0.15, -0.1) is 0 Å². The molecule has 7 nitrogen and oxygen atoms in total. The molecule has 26 heavy (non-hydrogen) atoms. The highest BCUT2D eigenvalue weighted by Gasteiger charge is 2.42. The van der Waals surface area contributed by atoms with E-state index in [2.05, 4.69) is 10.5 Å². The summed E-state index contributed by atoms with van der Waals surface area (Å²) in [5, 5.41) is 6.10. The number of sulfone groups is 1. The molecule has 1 unspecified atom stereocenters. The highest BCUT2D eigenvalue weighted by Crippen LogP contribution is 2.30. The molecule has 11 heteroatoms. The standard InChI is InChI=1S/C15H21F3N2O5S/c1-14(2,26(22,23)8-4-6-15(16,17)18)13(21)19-12-9-10(20-25-12)11-5-3-7-24-11/h9,11H,3-8H2,1-2H3,(H,19,21). The van der Waals surface area contributed by atoms with Crippen molar-refractivity contribution in [1.82, 2.24) is 5.16 Å². The van der Waals surface area contributed by atoms with Crippen LogP contribution in [0.15, 0.2) is 10.6 Å². The van der Waals surface area contributed by atoms with Gasteiger partial charge in [-0.1, -0.05) is 5.16 Å². The van der Waals surface area contributed by atoms with Crippen molar-refractivity contribution in [2.75, 3.05) is 17.7 Å². The zero-order valence-electron chi connectivity index (χ0n) is 14.4. The summed E-state index contributed by atoms with van der Waals surface area (Å²) in [6, 6.07) is 1.44. The number of aromatic nitrogens is 1. The summed E-state index contributed by atoms with van der Waals surface area (Å²) < 4.78 is 69.7. The average Bonchev–Trinajstić information content (AvgIpc) is 3.15. The third kappa shape index (κ3) is 4.97. The number of carbonyl (C=O) groups excluding carboxylic acids is 1. The van der Waals surface area contributed by atoms with E-state index in [1.165, 1.54) is 6.07 Å². The summed E-state index contributed by atoms with van der Waals surface area (Å²) in [4.78, 5) is 12.3. The van der Waals surface area contributed by atoms with Gasteiger partial charge in [0.05, 0.1) is 5.75 Å². The number of nitrogens with one attached hydrogen (secondary N) is 1. The molecule has 1 aliphatic heterocycles. The van der Waals surface area contributed by atoms with Crippen molar-refractivity contribution in [3.63, 3.8) is 0 Å². The predicted molar refractivity (Wildman–Crippen MR) is 86.2 cm³/mol. The lowest BCUT2D eigenvalue weighted by atomic mass is 10.2. The Kier molecular flexibility index (Phi) is 6.01. The van der Waals surface area contributed by atoms with Gasteiger partial charge in [0.1, 0.15) is 16.5 Å². The van der Waals surface area contributed by atoms with E-state index in [4.69, 9.17) is 9.26 Å². The van der Waals surface area contributed by atoms with E-state index in [9.17, 15) is 26.4 Å². The molecule has 2 rings (SSSR count). The van der Waals surface area contributed by atoms with Crippen molar-refractivity contribution in [2.24, 2.45) is 0 Å². The molecule has 0 aliphatic carbocycles. The molecular formula is C15H21F3N2O5S. The Labute approximate surface area is 149 Å². The molecule has 2 heterocycles. The summed E-state index contributed by atoms with van der Waals surface area (Å²) in [5.74, 6) is -1.69. The van der Waals surface area contributed by atoms with Crippen LogP contribution in [0.2, 0.25) is 0 Å². The van der Waals surface area contributed by atoms with Crippen LogP contribution in [-0.4, -0.2) is 42.8 Å². The summed E-state index contributed by atoms with van der Waals surface area (Å²) in [7, 11) is -4.11. The van der Waals surface area contributed by atoms with Gasteiger partial charge in [0, 0.05) is 19.1 Å². The molecule has 1 N–H and O–H groups in total. The Bertz CT molecular complexity index is 737. The topological polar surface area (TPSA) is 98.5 Å². The van der Waals surface area contributed by atoms with E-state index in [-0.39, 0.29) is 12.0 Å². The van der Waals surface area contributed by atoms with Gasteiger partial charge in [0.2, 0.25) is 11.8 Å². The predicted octanol–water partition coefficient (Wildman–Crippen LogP) is 3.00. The van der Waals surface area contributed by atoms with Crippen molar-refractivity contribution in [2.45, 2.75) is 56.6 Å². The molecule has 148 valence electrons. The van der Waals surface area contributed by atoms with Crippen molar-refractivity contribution in [3.8, 4) is 0 Å². The van der Waals surface area contributed by atoms with Gasteiger partial charge in [-0.25, -0.2) is 8.42 Å². The van der Waals surface area contributed by atoms with Crippen molar-refractivity contribution in [1.29, 1.82) is 0 Å². The van der Waals surface area contributed by atoms with Crippen LogP contribution in [0, 0.1) is 0 Å². The molecule has 0 aromatic carbocycles. The van der Waals surface area contributed by atoms with Crippen LogP contribution in [0.25, 0.3) is 0 Å². The Hall–Kier alpha value is -1.62. The SMILES string of the molecule is CC(C)(C(=O)Nc1cc(C2CCCO2)no1)S(=O)(=O)CCCC(F)(F)F. The first-order valence-electron chi connectivity index (χ1n) is 8.11. The maximum absolute atomic E-state index is 12.3. The number of nitrogens with zero attached hydrogens (tertiary/aromatic N) is 1. The molecule has 1 aliphatic rings. The Morgan fingerprint density at radius 2 is 2.08 bits per heavy atom. The van der Waals surface area contributed by atoms with Crippen molar-refractivity contribution < 1.29 is 35.6 Å². The molecule has 1 fully saturated rings. The largest absolute Gasteiger partial charge is 0.389 e. The fraction of sp³-hybridized carbons (Fsp3) is 0.733. The van der Waals surface area contributed by atoms with Crippen LogP contribution >= 0.6 is 0 Å². The van der Waals surface area contributed by atoms with Gasteiger partial charge in [0.15, 0.2) is 9.84 Å². The van der Waals surface area contributed by atoms with Crippen LogP contribution < -0.4 is 5.32 Å². The molecule has 1 aromatic heterocycles. The lowest BCUT2D eigenvalue weighted by molar-refractivity contribution is -0.134. The fourth-order valence-electron chi connectivity index (χ4n) is 2.43. The first-order valence-corrected chi connectivity index (χ1v) is 9.76. The molecular weight excluding hydrogens is 377 g/mol. The van der Waals surface area contributed by atoms with E-state index in [0.717, 1.165) is 26.7 Å². The molecule has 0 radical (unpaired) electrons. The molecule has 1 saturated heterocycles. The Morgan fingerprint density at radius 3 is 2.65 bits per heavy atom. The average molecular weight is 398 g/mol. The number of halogens is 3. The van der Waals surface area contributed by atoms with Crippen LogP contribution in [0.4, 0.5) is 19.1 Å². The summed E-state index contributed by atoms with van der Waals surface area (Å²) >= 11 is 0. The van der Waals surface area contributed by atoms with Crippen molar-refractivity contribution >= 4 is 21.6 Å². The molecule has 0 bridgehead atoms. The van der Waals surface area contributed by atoms with Gasteiger partial charge in [0.25, 0.3) is 0 Å². The van der Waals surface area contributed by atoms with E-state index >= 15 is 0 Å². The molecule has 1 aromatic rings. The quantitative estimate of drug-likeness (QED) is 0.758. The maximum atomic E-state index is 12.3. The first-order chi connectivity index (χ1) is 11.9. The number of rotatable bonds is 7. The number of hydrogen-bond donors (Lipinski definition) is 1. The maximum Gasteiger partial charge on any atom is 0.389 e. The molecule has 0 saturated carbocycles. The zero-order chi connectivity index (χ0) is 19.6. The summed E-state index contributed by atoms with van der Waals surface area (Å²) in [5.41, 5.74) is 0.489. The lowest BCUT2D eigenvalue weighted by Crippen LogP contribution is -2.45. The van der Waals surface area contributed by atoms with E-state index in [1.54, 1.807) is 0 Å². The fourth-order valence-corrected chi connectivity index (χ4v) is 3.80. The van der Waals surface area contributed by atoms with Crippen LogP contribution in [0.3, 0.4) is 0 Å². The minimum absolute atomic E-state index is 0.0425. The number of ether oxygens (including phenoxy) is 1. The lowest BCUT2D eigenvalue weighted by Gasteiger charge is -2.23. The smallest absolute Gasteiger partial charge is 0.372 e. The van der Waals surface area contributed by atoms with Crippen LogP contribution in [-0.2, 0) is 19.4 Å². The number of alkyl halides is 3. The van der Waals surface area contributed by atoms with Crippen LogP contribution in [0.5, 0.6) is 0 Å². The van der Waals surface area contributed by atoms with E-state index in [1.807, 2.05) is 0 Å². The highest BCUT2D eigenvalue weighted by molar-refractivity contribution is 7.93. The Balaban J connectivity index is 2.00. The van der Waals surface area contributed by atoms with Gasteiger partial charge < -0.3 is 9.26 Å². The number of anilines is 1. The zero-order valence-corrected chi connectivity index (χ0v) is 15.2. The second-order valence-corrected chi connectivity index (χ2v) is 9.28. The van der Waals surface area contributed by atoms with Gasteiger partial charge in [-0.3, -0.25) is 10.1 Å².